The molecule has 1 saturated carbocycles. The lowest BCUT2D eigenvalue weighted by molar-refractivity contribution is -0.140. The number of carboxylic acid groups (broad SMARTS) is 1. The van der Waals surface area contributed by atoms with Gasteiger partial charge in [-0.2, -0.15) is 0 Å². The SMILES string of the molecule is CCN(CC(=O)O)C1CC(NC(=O)N2C[C@@H](C)[C@H](C(=O)N3CCOCC3)C2)C1. The molecular weight excluding hydrogens is 364 g/mol. The molecule has 2 aliphatic heterocycles. The topological polar surface area (TPSA) is 102 Å². The lowest BCUT2D eigenvalue weighted by atomic mass is 9.85. The average molecular weight is 396 g/mol. The third-order valence-electron chi connectivity index (χ3n) is 6.24. The van der Waals surface area contributed by atoms with E-state index in [0.717, 1.165) is 12.8 Å². The van der Waals surface area contributed by atoms with Crippen LogP contribution in [0.2, 0.25) is 0 Å². The molecule has 2 atom stereocenters. The van der Waals surface area contributed by atoms with Crippen LogP contribution in [-0.2, 0) is 14.3 Å². The van der Waals surface area contributed by atoms with Gasteiger partial charge in [0.15, 0.2) is 0 Å². The largest absolute Gasteiger partial charge is 0.480 e. The van der Waals surface area contributed by atoms with Gasteiger partial charge in [-0.05, 0) is 25.3 Å². The zero-order valence-corrected chi connectivity index (χ0v) is 16.8. The van der Waals surface area contributed by atoms with Crippen molar-refractivity contribution in [1.29, 1.82) is 0 Å². The van der Waals surface area contributed by atoms with Crippen molar-refractivity contribution in [3.8, 4) is 0 Å². The molecule has 0 aromatic rings. The summed E-state index contributed by atoms with van der Waals surface area (Å²) in [6.45, 7) is 8.16. The Labute approximate surface area is 166 Å². The number of aliphatic carboxylic acids is 1. The molecule has 0 spiro atoms. The van der Waals surface area contributed by atoms with E-state index in [1.54, 1.807) is 4.90 Å². The molecule has 3 amide bonds. The first-order chi connectivity index (χ1) is 13.4. The third kappa shape index (κ3) is 4.75. The van der Waals surface area contributed by atoms with Crippen LogP contribution in [0.4, 0.5) is 4.79 Å². The predicted molar refractivity (Wildman–Crippen MR) is 102 cm³/mol. The number of carbonyl (C=O) groups is 3. The number of carbonyl (C=O) groups excluding carboxylic acids is 2. The first-order valence-electron chi connectivity index (χ1n) is 10.3. The number of rotatable bonds is 6. The monoisotopic (exact) mass is 396 g/mol. The maximum Gasteiger partial charge on any atom is 0.317 e. The third-order valence-corrected chi connectivity index (χ3v) is 6.24. The van der Waals surface area contributed by atoms with Crippen molar-refractivity contribution in [2.45, 2.75) is 38.8 Å². The van der Waals surface area contributed by atoms with Gasteiger partial charge in [0, 0.05) is 38.3 Å². The van der Waals surface area contributed by atoms with Crippen LogP contribution < -0.4 is 5.32 Å². The summed E-state index contributed by atoms with van der Waals surface area (Å²) in [5.74, 6) is -0.705. The summed E-state index contributed by atoms with van der Waals surface area (Å²) in [5.41, 5.74) is 0. The summed E-state index contributed by atoms with van der Waals surface area (Å²) >= 11 is 0. The number of ether oxygens (including phenoxy) is 1. The van der Waals surface area contributed by atoms with Gasteiger partial charge in [-0.1, -0.05) is 13.8 Å². The van der Waals surface area contributed by atoms with Crippen LogP contribution in [-0.4, -0.2) is 102 Å². The molecule has 2 saturated heterocycles. The average Bonchev–Trinajstić information content (AvgIpc) is 3.04. The molecule has 0 aromatic carbocycles. The van der Waals surface area contributed by atoms with Gasteiger partial charge in [0.05, 0.1) is 25.7 Å². The van der Waals surface area contributed by atoms with Crippen LogP contribution in [0.5, 0.6) is 0 Å². The van der Waals surface area contributed by atoms with Crippen molar-refractivity contribution in [1.82, 2.24) is 20.0 Å². The number of amides is 3. The van der Waals surface area contributed by atoms with Crippen molar-refractivity contribution in [2.24, 2.45) is 11.8 Å². The van der Waals surface area contributed by atoms with Gasteiger partial charge >= 0.3 is 12.0 Å². The Kier molecular flexibility index (Phi) is 6.77. The first kappa shape index (κ1) is 20.9. The second-order valence-electron chi connectivity index (χ2n) is 8.15. The minimum atomic E-state index is -0.823. The number of hydrogen-bond acceptors (Lipinski definition) is 5. The van der Waals surface area contributed by atoms with Gasteiger partial charge in [0.25, 0.3) is 0 Å². The van der Waals surface area contributed by atoms with Crippen molar-refractivity contribution in [3.63, 3.8) is 0 Å². The Bertz CT molecular complexity index is 589. The highest BCUT2D eigenvalue weighted by Gasteiger charge is 2.41. The fourth-order valence-electron chi connectivity index (χ4n) is 4.41. The predicted octanol–water partition coefficient (Wildman–Crippen LogP) is 0.0602. The van der Waals surface area contributed by atoms with E-state index in [-0.39, 0.29) is 42.4 Å². The quantitative estimate of drug-likeness (QED) is 0.658. The molecule has 1 aliphatic carbocycles. The molecule has 0 unspecified atom stereocenters. The van der Waals surface area contributed by atoms with Gasteiger partial charge in [0.1, 0.15) is 0 Å². The zero-order chi connectivity index (χ0) is 20.3. The molecule has 9 heteroatoms. The summed E-state index contributed by atoms with van der Waals surface area (Å²) in [6.07, 6.45) is 1.54. The highest BCUT2D eigenvalue weighted by Crippen LogP contribution is 2.28. The lowest BCUT2D eigenvalue weighted by Crippen LogP contribution is -2.56. The molecule has 2 N–H and O–H groups in total. The van der Waals surface area contributed by atoms with Crippen LogP contribution >= 0.6 is 0 Å². The van der Waals surface area contributed by atoms with Crippen LogP contribution in [0.3, 0.4) is 0 Å². The number of morpholine rings is 1. The highest BCUT2D eigenvalue weighted by atomic mass is 16.5. The minimum absolute atomic E-state index is 0.0385. The highest BCUT2D eigenvalue weighted by molar-refractivity contribution is 5.82. The number of likely N-dealkylation sites (N-methyl/N-ethyl adjacent to an activating group) is 1. The first-order valence-corrected chi connectivity index (χ1v) is 10.3. The van der Waals surface area contributed by atoms with Crippen LogP contribution in [0.25, 0.3) is 0 Å². The molecular formula is C19H32N4O5. The number of urea groups is 1. The molecule has 2 heterocycles. The standard InChI is InChI=1S/C19H32N4O5/c1-3-21(12-17(24)25)15-8-14(9-15)20-19(27)23-10-13(2)16(11-23)18(26)22-4-6-28-7-5-22/h13-16H,3-12H2,1-2H3,(H,20,27)(H,24,25)/t13-,14?,15?,16-/m1/s1. The van der Waals surface area contributed by atoms with Gasteiger partial charge in [-0.3, -0.25) is 14.5 Å². The van der Waals surface area contributed by atoms with Crippen molar-refractivity contribution in [2.75, 3.05) is 52.5 Å². The van der Waals surface area contributed by atoms with Gasteiger partial charge in [-0.25, -0.2) is 4.79 Å². The van der Waals surface area contributed by atoms with E-state index in [4.69, 9.17) is 9.84 Å². The van der Waals surface area contributed by atoms with E-state index in [9.17, 15) is 14.4 Å². The number of nitrogens with one attached hydrogen (secondary N) is 1. The van der Waals surface area contributed by atoms with E-state index in [1.165, 1.54) is 0 Å². The molecule has 3 aliphatic rings. The Morgan fingerprint density at radius 2 is 1.82 bits per heavy atom. The summed E-state index contributed by atoms with van der Waals surface area (Å²) in [5, 5.41) is 12.0. The normalized spacial score (nSPS) is 30.2. The minimum Gasteiger partial charge on any atom is -0.480 e. The number of likely N-dealkylation sites (tertiary alicyclic amines) is 1. The fraction of sp³-hybridized carbons (Fsp3) is 0.842. The van der Waals surface area contributed by atoms with Crippen molar-refractivity contribution in [3.05, 3.63) is 0 Å². The molecule has 3 rings (SSSR count). The Morgan fingerprint density at radius 1 is 1.14 bits per heavy atom. The molecule has 0 bridgehead atoms. The van der Waals surface area contributed by atoms with Crippen molar-refractivity contribution >= 4 is 17.9 Å². The van der Waals surface area contributed by atoms with Crippen LogP contribution in [0, 0.1) is 11.8 Å². The second-order valence-corrected chi connectivity index (χ2v) is 8.15. The smallest absolute Gasteiger partial charge is 0.317 e. The lowest BCUT2D eigenvalue weighted by Gasteiger charge is -2.42. The second kappa shape index (κ2) is 9.09. The van der Waals surface area contributed by atoms with E-state index >= 15 is 0 Å². The van der Waals surface area contributed by atoms with Crippen LogP contribution in [0.1, 0.15) is 26.7 Å². The number of carboxylic acids is 1. The molecule has 0 radical (unpaired) electrons. The zero-order valence-electron chi connectivity index (χ0n) is 16.8. The summed E-state index contributed by atoms with van der Waals surface area (Å²) < 4.78 is 5.31. The molecule has 0 aromatic heterocycles. The van der Waals surface area contributed by atoms with E-state index < -0.39 is 5.97 Å². The van der Waals surface area contributed by atoms with Crippen molar-refractivity contribution < 1.29 is 24.2 Å². The summed E-state index contributed by atoms with van der Waals surface area (Å²) in [6, 6.07) is 0.165. The Morgan fingerprint density at radius 3 is 2.43 bits per heavy atom. The van der Waals surface area contributed by atoms with Gasteiger partial charge in [-0.15, -0.1) is 0 Å². The fourth-order valence-corrected chi connectivity index (χ4v) is 4.41. The maximum absolute atomic E-state index is 12.8. The molecule has 3 fully saturated rings. The van der Waals surface area contributed by atoms with E-state index in [0.29, 0.717) is 45.9 Å². The maximum atomic E-state index is 12.8. The molecule has 158 valence electrons. The molecule has 28 heavy (non-hydrogen) atoms. The van der Waals surface area contributed by atoms with E-state index in [2.05, 4.69) is 5.32 Å². The Balaban J connectivity index is 1.44. The van der Waals surface area contributed by atoms with E-state index in [1.807, 2.05) is 23.6 Å². The van der Waals surface area contributed by atoms with Gasteiger partial charge in [0.2, 0.25) is 5.91 Å². The number of hydrogen-bond donors (Lipinski definition) is 2. The summed E-state index contributed by atoms with van der Waals surface area (Å²) in [7, 11) is 0. The molecule has 9 nitrogen and oxygen atoms in total. The van der Waals surface area contributed by atoms with Gasteiger partial charge < -0.3 is 25.0 Å². The number of nitrogens with zero attached hydrogens (tertiary/aromatic N) is 3. The summed E-state index contributed by atoms with van der Waals surface area (Å²) in [4.78, 5) is 41.8. The van der Waals surface area contributed by atoms with Crippen LogP contribution in [0.15, 0.2) is 0 Å². The Hall–Kier alpha value is -1.87.